The molecule has 0 aliphatic rings. The number of rotatable bonds is 8. The van der Waals surface area contributed by atoms with E-state index in [0.717, 1.165) is 13.0 Å². The molecule has 0 spiro atoms. The number of methoxy groups -OCH3 is 2. The van der Waals surface area contributed by atoms with Gasteiger partial charge in [-0.05, 0) is 6.42 Å². The van der Waals surface area contributed by atoms with E-state index in [-0.39, 0.29) is 6.10 Å². The molecule has 0 aliphatic heterocycles. The lowest BCUT2D eigenvalue weighted by Crippen LogP contribution is -2.41. The van der Waals surface area contributed by atoms with E-state index in [1.54, 1.807) is 14.2 Å². The SMILES string of the molecule is CCC(CN)NCC(COC)OC. The topological polar surface area (TPSA) is 56.5 Å². The number of nitrogens with one attached hydrogen (secondary N) is 1. The third-order valence-corrected chi connectivity index (χ3v) is 2.10. The molecule has 4 nitrogen and oxygen atoms in total. The highest BCUT2D eigenvalue weighted by Crippen LogP contribution is 1.92. The van der Waals surface area contributed by atoms with E-state index >= 15 is 0 Å². The lowest BCUT2D eigenvalue weighted by molar-refractivity contribution is 0.0274. The van der Waals surface area contributed by atoms with Gasteiger partial charge in [-0.15, -0.1) is 0 Å². The molecule has 2 unspecified atom stereocenters. The maximum atomic E-state index is 5.55. The van der Waals surface area contributed by atoms with E-state index in [1.807, 2.05) is 0 Å². The van der Waals surface area contributed by atoms with Gasteiger partial charge in [0.1, 0.15) is 0 Å². The first kappa shape index (κ1) is 12.8. The van der Waals surface area contributed by atoms with E-state index in [1.165, 1.54) is 0 Å². The van der Waals surface area contributed by atoms with Crippen LogP contribution < -0.4 is 11.1 Å². The Balaban J connectivity index is 3.56. The van der Waals surface area contributed by atoms with Crippen molar-refractivity contribution in [3.05, 3.63) is 0 Å². The molecular formula is C9H22N2O2. The molecule has 2 atom stereocenters. The van der Waals surface area contributed by atoms with Crippen LogP contribution in [0.15, 0.2) is 0 Å². The number of nitrogens with two attached hydrogens (primary N) is 1. The first-order valence-corrected chi connectivity index (χ1v) is 4.73. The molecule has 4 heteroatoms. The van der Waals surface area contributed by atoms with Gasteiger partial charge >= 0.3 is 0 Å². The Bertz CT molecular complexity index is 108. The van der Waals surface area contributed by atoms with Gasteiger partial charge in [0.15, 0.2) is 0 Å². The highest BCUT2D eigenvalue weighted by molar-refractivity contribution is 4.68. The van der Waals surface area contributed by atoms with E-state index in [9.17, 15) is 0 Å². The summed E-state index contributed by atoms with van der Waals surface area (Å²) in [7, 11) is 3.36. The van der Waals surface area contributed by atoms with Gasteiger partial charge in [0, 0.05) is 33.4 Å². The predicted molar refractivity (Wildman–Crippen MR) is 53.8 cm³/mol. The van der Waals surface area contributed by atoms with Gasteiger partial charge in [0.25, 0.3) is 0 Å². The highest BCUT2D eigenvalue weighted by Gasteiger charge is 2.09. The summed E-state index contributed by atoms with van der Waals surface area (Å²) in [5.74, 6) is 0. The Hall–Kier alpha value is -0.160. The normalized spacial score (nSPS) is 15.7. The van der Waals surface area contributed by atoms with Gasteiger partial charge in [0.2, 0.25) is 0 Å². The molecule has 0 aromatic carbocycles. The van der Waals surface area contributed by atoms with Gasteiger partial charge in [0.05, 0.1) is 12.7 Å². The van der Waals surface area contributed by atoms with Gasteiger partial charge in [-0.3, -0.25) is 0 Å². The summed E-state index contributed by atoms with van der Waals surface area (Å²) in [5.41, 5.74) is 5.55. The average Bonchev–Trinajstić information content (AvgIpc) is 2.17. The Morgan fingerprint density at radius 2 is 2.08 bits per heavy atom. The molecule has 13 heavy (non-hydrogen) atoms. The van der Waals surface area contributed by atoms with Crippen LogP contribution in [0, 0.1) is 0 Å². The van der Waals surface area contributed by atoms with E-state index in [4.69, 9.17) is 15.2 Å². The van der Waals surface area contributed by atoms with Crippen molar-refractivity contribution in [1.29, 1.82) is 0 Å². The minimum Gasteiger partial charge on any atom is -0.382 e. The lowest BCUT2D eigenvalue weighted by Gasteiger charge is -2.19. The standard InChI is InChI=1S/C9H22N2O2/c1-4-8(5-10)11-6-9(13-3)7-12-2/h8-9,11H,4-7,10H2,1-3H3. The van der Waals surface area contributed by atoms with Crippen LogP contribution in [0.1, 0.15) is 13.3 Å². The predicted octanol–water partition coefficient (Wildman–Crippen LogP) is -0.0253. The fourth-order valence-corrected chi connectivity index (χ4v) is 1.09. The van der Waals surface area contributed by atoms with E-state index in [0.29, 0.717) is 19.2 Å². The van der Waals surface area contributed by atoms with Crippen molar-refractivity contribution >= 4 is 0 Å². The summed E-state index contributed by atoms with van der Waals surface area (Å²) in [5, 5.41) is 3.32. The molecule has 0 aromatic rings. The van der Waals surface area contributed by atoms with Gasteiger partial charge < -0.3 is 20.5 Å². The van der Waals surface area contributed by atoms with Crippen LogP contribution in [-0.4, -0.2) is 46.1 Å². The average molecular weight is 190 g/mol. The highest BCUT2D eigenvalue weighted by atomic mass is 16.5. The maximum Gasteiger partial charge on any atom is 0.0928 e. The zero-order valence-corrected chi connectivity index (χ0v) is 8.88. The molecular weight excluding hydrogens is 168 g/mol. The van der Waals surface area contributed by atoms with Gasteiger partial charge in [-0.25, -0.2) is 0 Å². The van der Waals surface area contributed by atoms with Crippen molar-refractivity contribution in [3.63, 3.8) is 0 Å². The smallest absolute Gasteiger partial charge is 0.0928 e. The molecule has 0 bridgehead atoms. The van der Waals surface area contributed by atoms with Crippen molar-refractivity contribution in [1.82, 2.24) is 5.32 Å². The quantitative estimate of drug-likeness (QED) is 0.564. The molecule has 0 amide bonds. The van der Waals surface area contributed by atoms with E-state index < -0.39 is 0 Å². The monoisotopic (exact) mass is 190 g/mol. The van der Waals surface area contributed by atoms with E-state index in [2.05, 4.69) is 12.2 Å². The molecule has 0 aliphatic carbocycles. The summed E-state index contributed by atoms with van der Waals surface area (Å²) >= 11 is 0. The second kappa shape index (κ2) is 8.44. The Labute approximate surface area is 80.8 Å². The minimum absolute atomic E-state index is 0.116. The van der Waals surface area contributed by atoms with Crippen molar-refractivity contribution in [2.24, 2.45) is 5.73 Å². The third-order valence-electron chi connectivity index (χ3n) is 2.10. The first-order valence-electron chi connectivity index (χ1n) is 4.73. The van der Waals surface area contributed by atoms with Crippen molar-refractivity contribution in [3.8, 4) is 0 Å². The zero-order chi connectivity index (χ0) is 10.1. The van der Waals surface area contributed by atoms with Crippen LogP contribution in [0.5, 0.6) is 0 Å². The van der Waals surface area contributed by atoms with Crippen LogP contribution in [0.3, 0.4) is 0 Å². The second-order valence-corrected chi connectivity index (χ2v) is 3.06. The minimum atomic E-state index is 0.116. The Morgan fingerprint density at radius 3 is 2.46 bits per heavy atom. The summed E-state index contributed by atoms with van der Waals surface area (Å²) in [6.45, 7) is 4.19. The Morgan fingerprint density at radius 1 is 1.38 bits per heavy atom. The molecule has 0 rings (SSSR count). The Kier molecular flexibility index (Phi) is 8.33. The summed E-state index contributed by atoms with van der Waals surface area (Å²) < 4.78 is 10.2. The molecule has 3 N–H and O–H groups in total. The second-order valence-electron chi connectivity index (χ2n) is 3.06. The molecule has 0 heterocycles. The molecule has 0 saturated carbocycles. The summed E-state index contributed by atoms with van der Waals surface area (Å²) in [6, 6.07) is 0.384. The molecule has 80 valence electrons. The number of hydrogen-bond acceptors (Lipinski definition) is 4. The molecule has 0 fully saturated rings. The zero-order valence-electron chi connectivity index (χ0n) is 8.88. The van der Waals surface area contributed by atoms with Crippen molar-refractivity contribution in [2.45, 2.75) is 25.5 Å². The number of hydrogen-bond donors (Lipinski definition) is 2. The summed E-state index contributed by atoms with van der Waals surface area (Å²) in [4.78, 5) is 0. The fraction of sp³-hybridized carbons (Fsp3) is 1.00. The van der Waals surface area contributed by atoms with Gasteiger partial charge in [-0.2, -0.15) is 0 Å². The maximum absolute atomic E-state index is 5.55. The molecule has 0 saturated heterocycles. The van der Waals surface area contributed by atoms with Crippen LogP contribution in [0.25, 0.3) is 0 Å². The largest absolute Gasteiger partial charge is 0.382 e. The third kappa shape index (κ3) is 5.99. The number of ether oxygens (including phenoxy) is 2. The first-order chi connectivity index (χ1) is 6.28. The van der Waals surface area contributed by atoms with Crippen molar-refractivity contribution in [2.75, 3.05) is 33.9 Å². The van der Waals surface area contributed by atoms with Crippen molar-refractivity contribution < 1.29 is 9.47 Å². The molecule has 0 aromatic heterocycles. The van der Waals surface area contributed by atoms with Gasteiger partial charge in [-0.1, -0.05) is 6.92 Å². The van der Waals surface area contributed by atoms with Crippen LogP contribution in [-0.2, 0) is 9.47 Å². The van der Waals surface area contributed by atoms with Crippen LogP contribution >= 0.6 is 0 Å². The summed E-state index contributed by atoms with van der Waals surface area (Å²) in [6.07, 6.45) is 1.16. The lowest BCUT2D eigenvalue weighted by atomic mass is 10.2. The van der Waals surface area contributed by atoms with Crippen LogP contribution in [0.2, 0.25) is 0 Å². The molecule has 0 radical (unpaired) electrons. The van der Waals surface area contributed by atoms with Crippen LogP contribution in [0.4, 0.5) is 0 Å². The fourth-order valence-electron chi connectivity index (χ4n) is 1.09.